The molecule has 0 radical (unpaired) electrons. The monoisotopic (exact) mass is 332 g/mol. The maximum atomic E-state index is 10.2. The molecule has 0 aromatic carbocycles. The third kappa shape index (κ3) is 19.7. The van der Waals surface area contributed by atoms with Crippen LogP contribution in [0.2, 0.25) is 0 Å². The van der Waals surface area contributed by atoms with Gasteiger partial charge in [0.05, 0.1) is 0 Å². The third-order valence-electron chi connectivity index (χ3n) is 3.96. The molecule has 0 spiro atoms. The van der Waals surface area contributed by atoms with Gasteiger partial charge in [-0.3, -0.25) is 4.55 Å². The quantitative estimate of drug-likeness (QED) is 0.187. The van der Waals surface area contributed by atoms with Gasteiger partial charge in [0.2, 0.25) is 0 Å². The Kier molecular flexibility index (Phi) is 18.4. The molecule has 0 aliphatic rings. The molecule has 0 aromatic rings. The normalized spacial score (nSPS) is 12.8. The van der Waals surface area contributed by atoms with E-state index >= 15 is 0 Å². The molecule has 3 nitrogen and oxygen atoms in total. The summed E-state index contributed by atoms with van der Waals surface area (Å²) >= 11 is -2.17. The standard InChI is InChI=1S/C18H36O3S/c1-2-3-4-5-6-7-8-9-10-11-12-13-14-15-16-17-18-21-22(19)20/h17-18H,2-16H2,1H3,(H,19,20). The number of unbranched alkanes of at least 4 members (excludes halogenated alkanes) is 14. The minimum atomic E-state index is -2.17. The zero-order valence-corrected chi connectivity index (χ0v) is 15.2. The molecule has 0 rings (SSSR count). The summed E-state index contributed by atoms with van der Waals surface area (Å²) in [5.74, 6) is 0. The Morgan fingerprint density at radius 1 is 0.773 bits per heavy atom. The van der Waals surface area contributed by atoms with Gasteiger partial charge >= 0.3 is 11.4 Å². The fourth-order valence-corrected chi connectivity index (χ4v) is 2.79. The largest absolute Gasteiger partial charge is 0.388 e. The summed E-state index contributed by atoms with van der Waals surface area (Å²) in [6, 6.07) is 0. The second-order valence-electron chi connectivity index (χ2n) is 6.07. The zero-order valence-electron chi connectivity index (χ0n) is 14.4. The lowest BCUT2D eigenvalue weighted by Gasteiger charge is -2.02. The van der Waals surface area contributed by atoms with Gasteiger partial charge in [0.15, 0.2) is 0 Å². The van der Waals surface area contributed by atoms with E-state index in [4.69, 9.17) is 4.55 Å². The molecule has 1 N–H and O–H groups in total. The molecule has 132 valence electrons. The first-order valence-electron chi connectivity index (χ1n) is 9.20. The fourth-order valence-electron chi connectivity index (χ4n) is 2.61. The van der Waals surface area contributed by atoms with E-state index in [0.29, 0.717) is 0 Å². The summed E-state index contributed by atoms with van der Waals surface area (Å²) in [5, 5.41) is 0. The Balaban J connectivity index is 3.02. The summed E-state index contributed by atoms with van der Waals surface area (Å²) in [7, 11) is 0. The maximum Gasteiger partial charge on any atom is 0.356 e. The van der Waals surface area contributed by atoms with Crippen molar-refractivity contribution < 1.29 is 12.9 Å². The Morgan fingerprint density at radius 3 is 1.59 bits per heavy atom. The smallest absolute Gasteiger partial charge is 0.356 e. The van der Waals surface area contributed by atoms with Gasteiger partial charge in [-0.1, -0.05) is 90.4 Å². The van der Waals surface area contributed by atoms with Crippen molar-refractivity contribution in [3.05, 3.63) is 12.3 Å². The molecule has 0 fully saturated rings. The van der Waals surface area contributed by atoms with Crippen LogP contribution in [0.25, 0.3) is 0 Å². The molecule has 0 bridgehead atoms. The summed E-state index contributed by atoms with van der Waals surface area (Å²) in [6.07, 6.45) is 23.1. The molecule has 0 saturated carbocycles. The highest BCUT2D eigenvalue weighted by atomic mass is 32.2. The van der Waals surface area contributed by atoms with E-state index in [9.17, 15) is 4.21 Å². The van der Waals surface area contributed by atoms with E-state index in [2.05, 4.69) is 11.1 Å². The fraction of sp³-hybridized carbons (Fsp3) is 0.889. The molecule has 4 heteroatoms. The molecular weight excluding hydrogens is 296 g/mol. The summed E-state index contributed by atoms with van der Waals surface area (Å²) in [4.78, 5) is 0. The predicted molar refractivity (Wildman–Crippen MR) is 95.9 cm³/mol. The topological polar surface area (TPSA) is 46.5 Å². The van der Waals surface area contributed by atoms with Gasteiger partial charge < -0.3 is 4.18 Å². The first kappa shape index (κ1) is 21.6. The summed E-state index contributed by atoms with van der Waals surface area (Å²) < 4.78 is 23.0. The number of allylic oxidation sites excluding steroid dienone is 1. The van der Waals surface area contributed by atoms with Gasteiger partial charge in [0.1, 0.15) is 6.26 Å². The Morgan fingerprint density at radius 2 is 1.18 bits per heavy atom. The van der Waals surface area contributed by atoms with Crippen molar-refractivity contribution in [3.63, 3.8) is 0 Å². The van der Waals surface area contributed by atoms with Gasteiger partial charge in [-0.15, -0.1) is 0 Å². The van der Waals surface area contributed by atoms with Crippen LogP contribution >= 0.6 is 0 Å². The van der Waals surface area contributed by atoms with Crippen molar-refractivity contribution in [3.8, 4) is 0 Å². The molecule has 0 saturated heterocycles. The van der Waals surface area contributed by atoms with Crippen LogP contribution in [-0.2, 0) is 15.5 Å². The van der Waals surface area contributed by atoms with Crippen LogP contribution in [-0.4, -0.2) is 8.76 Å². The second kappa shape index (κ2) is 18.7. The molecule has 1 atom stereocenters. The van der Waals surface area contributed by atoms with Crippen LogP contribution in [0.3, 0.4) is 0 Å². The van der Waals surface area contributed by atoms with Crippen molar-refractivity contribution in [2.24, 2.45) is 0 Å². The molecule has 0 aliphatic carbocycles. The highest BCUT2D eigenvalue weighted by Gasteiger charge is 1.93. The summed E-state index contributed by atoms with van der Waals surface area (Å²) in [6.45, 7) is 2.27. The molecule has 0 aromatic heterocycles. The Bertz CT molecular complexity index is 267. The van der Waals surface area contributed by atoms with Gasteiger partial charge in [-0.05, 0) is 18.9 Å². The minimum Gasteiger partial charge on any atom is -0.388 e. The number of hydrogen-bond donors (Lipinski definition) is 1. The van der Waals surface area contributed by atoms with Crippen molar-refractivity contribution in [2.45, 2.75) is 103 Å². The molecule has 22 heavy (non-hydrogen) atoms. The van der Waals surface area contributed by atoms with Crippen LogP contribution in [0.4, 0.5) is 0 Å². The van der Waals surface area contributed by atoms with Gasteiger partial charge in [0.25, 0.3) is 0 Å². The molecule has 0 aliphatic heterocycles. The Labute approximate surface area is 140 Å². The third-order valence-corrected chi connectivity index (χ3v) is 4.23. The van der Waals surface area contributed by atoms with Crippen LogP contribution in [0.5, 0.6) is 0 Å². The lowest BCUT2D eigenvalue weighted by Crippen LogP contribution is -1.85. The van der Waals surface area contributed by atoms with E-state index in [-0.39, 0.29) is 0 Å². The van der Waals surface area contributed by atoms with Crippen molar-refractivity contribution >= 4 is 11.4 Å². The van der Waals surface area contributed by atoms with Gasteiger partial charge in [0, 0.05) is 0 Å². The Hall–Kier alpha value is -0.350. The van der Waals surface area contributed by atoms with Gasteiger partial charge in [-0.25, -0.2) is 0 Å². The van der Waals surface area contributed by atoms with Crippen LogP contribution in [0, 0.1) is 0 Å². The summed E-state index contributed by atoms with van der Waals surface area (Å²) in [5.41, 5.74) is 0. The zero-order chi connectivity index (χ0) is 16.3. The number of rotatable bonds is 17. The minimum absolute atomic E-state index is 0.926. The average molecular weight is 333 g/mol. The first-order valence-corrected chi connectivity index (χ1v) is 10.2. The van der Waals surface area contributed by atoms with E-state index in [1.54, 1.807) is 0 Å². The van der Waals surface area contributed by atoms with Crippen LogP contribution in [0.1, 0.15) is 103 Å². The van der Waals surface area contributed by atoms with Crippen molar-refractivity contribution in [2.75, 3.05) is 0 Å². The maximum absolute atomic E-state index is 10.2. The molecule has 0 amide bonds. The first-order chi connectivity index (χ1) is 10.8. The lowest BCUT2D eigenvalue weighted by molar-refractivity contribution is 0.418. The van der Waals surface area contributed by atoms with E-state index in [1.165, 1.54) is 89.7 Å². The van der Waals surface area contributed by atoms with Crippen molar-refractivity contribution in [1.29, 1.82) is 0 Å². The predicted octanol–water partition coefficient (Wildman–Crippen LogP) is 6.52. The second-order valence-corrected chi connectivity index (χ2v) is 6.70. The highest BCUT2D eigenvalue weighted by Crippen LogP contribution is 2.13. The van der Waals surface area contributed by atoms with Crippen molar-refractivity contribution in [1.82, 2.24) is 0 Å². The molecule has 0 heterocycles. The van der Waals surface area contributed by atoms with Gasteiger partial charge in [-0.2, -0.15) is 4.21 Å². The van der Waals surface area contributed by atoms with E-state index < -0.39 is 11.4 Å². The molecular formula is C18H36O3S. The average Bonchev–Trinajstić information content (AvgIpc) is 2.50. The van der Waals surface area contributed by atoms with Crippen LogP contribution < -0.4 is 0 Å². The SMILES string of the molecule is CCCCCCCCCCCCCCCCC=COS(=O)O. The van der Waals surface area contributed by atoms with E-state index in [1.807, 2.05) is 6.08 Å². The van der Waals surface area contributed by atoms with Crippen LogP contribution in [0.15, 0.2) is 12.3 Å². The number of hydrogen-bond acceptors (Lipinski definition) is 2. The van der Waals surface area contributed by atoms with E-state index in [0.717, 1.165) is 12.8 Å². The highest BCUT2D eigenvalue weighted by molar-refractivity contribution is 7.74. The molecule has 1 unspecified atom stereocenters. The lowest BCUT2D eigenvalue weighted by atomic mass is 10.0.